The Morgan fingerprint density at radius 3 is 2.95 bits per heavy atom. The van der Waals surface area contributed by atoms with Crippen molar-refractivity contribution < 1.29 is 10.6 Å². The second kappa shape index (κ2) is 7.33. The first-order valence-electron chi connectivity index (χ1n) is 6.62. The van der Waals surface area contributed by atoms with E-state index in [0.29, 0.717) is 18.9 Å². The highest BCUT2D eigenvalue weighted by molar-refractivity contribution is 5.67. The van der Waals surface area contributed by atoms with Crippen molar-refractivity contribution in [3.05, 3.63) is 61.7 Å². The quantitative estimate of drug-likeness (QED) is 0.483. The minimum absolute atomic E-state index is 0. The van der Waals surface area contributed by atoms with Crippen LogP contribution in [0, 0.1) is 5.82 Å². The summed E-state index contributed by atoms with van der Waals surface area (Å²) in [5, 5.41) is 0. The molecule has 0 atom stereocenters. The van der Waals surface area contributed by atoms with Gasteiger partial charge in [0.1, 0.15) is 12.4 Å². The SMILES string of the molecule is C=CCOCN(C=C)c1cccc(-c2nc(N)ncc2F)c1.[HH]. The zero-order chi connectivity index (χ0) is 15.9. The molecule has 0 unspecified atom stereocenters. The first-order valence-corrected chi connectivity index (χ1v) is 6.62. The molecule has 0 radical (unpaired) electrons. The summed E-state index contributed by atoms with van der Waals surface area (Å²) >= 11 is 0. The Kier molecular flexibility index (Phi) is 5.21. The van der Waals surface area contributed by atoms with Gasteiger partial charge in [-0.15, -0.1) is 6.58 Å². The predicted octanol–water partition coefficient (Wildman–Crippen LogP) is 3.22. The summed E-state index contributed by atoms with van der Waals surface area (Å²) < 4.78 is 19.3. The molecule has 0 aliphatic rings. The van der Waals surface area contributed by atoms with Crippen LogP contribution in [-0.4, -0.2) is 23.3 Å². The van der Waals surface area contributed by atoms with Gasteiger partial charge in [0.15, 0.2) is 5.82 Å². The van der Waals surface area contributed by atoms with E-state index >= 15 is 0 Å². The molecule has 0 fully saturated rings. The fraction of sp³-hybridized carbons (Fsp3) is 0.125. The summed E-state index contributed by atoms with van der Waals surface area (Å²) in [5.41, 5.74) is 7.08. The topological polar surface area (TPSA) is 64.3 Å². The van der Waals surface area contributed by atoms with Gasteiger partial charge >= 0.3 is 0 Å². The Labute approximate surface area is 130 Å². The van der Waals surface area contributed by atoms with Crippen LogP contribution in [0.1, 0.15) is 1.43 Å². The van der Waals surface area contributed by atoms with Crippen LogP contribution < -0.4 is 10.6 Å². The lowest BCUT2D eigenvalue weighted by Gasteiger charge is -2.20. The summed E-state index contributed by atoms with van der Waals surface area (Å²) in [6, 6.07) is 7.20. The van der Waals surface area contributed by atoms with E-state index in [0.717, 1.165) is 11.9 Å². The predicted molar refractivity (Wildman–Crippen MR) is 87.6 cm³/mol. The molecule has 6 heteroatoms. The third kappa shape index (κ3) is 3.67. The monoisotopic (exact) mass is 302 g/mol. The lowest BCUT2D eigenvalue weighted by Crippen LogP contribution is -2.19. The molecule has 0 spiro atoms. The maximum Gasteiger partial charge on any atom is 0.220 e. The van der Waals surface area contributed by atoms with Crippen LogP contribution in [0.2, 0.25) is 0 Å². The highest BCUT2D eigenvalue weighted by Gasteiger charge is 2.10. The van der Waals surface area contributed by atoms with E-state index in [1.165, 1.54) is 0 Å². The minimum atomic E-state index is -0.528. The summed E-state index contributed by atoms with van der Waals surface area (Å²) in [6.07, 6.45) is 4.35. The van der Waals surface area contributed by atoms with Crippen molar-refractivity contribution >= 4 is 11.6 Å². The lowest BCUT2D eigenvalue weighted by atomic mass is 10.1. The number of halogens is 1. The van der Waals surface area contributed by atoms with Gasteiger partial charge in [-0.3, -0.25) is 0 Å². The molecule has 2 aromatic rings. The van der Waals surface area contributed by atoms with Crippen LogP contribution in [0.5, 0.6) is 0 Å². The van der Waals surface area contributed by atoms with Gasteiger partial charge in [-0.05, 0) is 18.3 Å². The molecular formula is C16H19FN4O. The maximum atomic E-state index is 13.9. The highest BCUT2D eigenvalue weighted by Crippen LogP contribution is 2.25. The summed E-state index contributed by atoms with van der Waals surface area (Å²) in [7, 11) is 0. The number of ether oxygens (including phenoxy) is 1. The largest absolute Gasteiger partial charge is 0.368 e. The van der Waals surface area contributed by atoms with Crippen LogP contribution in [0.25, 0.3) is 11.3 Å². The average Bonchev–Trinajstić information content (AvgIpc) is 2.54. The van der Waals surface area contributed by atoms with Gasteiger partial charge < -0.3 is 15.4 Å². The number of hydrogen-bond donors (Lipinski definition) is 1. The van der Waals surface area contributed by atoms with Gasteiger partial charge in [-0.2, -0.15) is 0 Å². The van der Waals surface area contributed by atoms with E-state index in [2.05, 4.69) is 23.1 Å². The molecule has 2 N–H and O–H groups in total. The number of nitrogens with two attached hydrogens (primary N) is 1. The number of nitrogens with zero attached hydrogens (tertiary/aromatic N) is 3. The second-order valence-corrected chi connectivity index (χ2v) is 4.42. The summed E-state index contributed by atoms with van der Waals surface area (Å²) in [4.78, 5) is 9.36. The molecule has 22 heavy (non-hydrogen) atoms. The van der Waals surface area contributed by atoms with Gasteiger partial charge in [-0.1, -0.05) is 24.8 Å². The maximum absolute atomic E-state index is 13.9. The third-order valence-electron chi connectivity index (χ3n) is 2.90. The van der Waals surface area contributed by atoms with Gasteiger partial charge in [0.25, 0.3) is 0 Å². The molecular weight excluding hydrogens is 283 g/mol. The van der Waals surface area contributed by atoms with Crippen LogP contribution in [0.15, 0.2) is 55.9 Å². The number of benzene rings is 1. The van der Waals surface area contributed by atoms with E-state index in [1.807, 2.05) is 6.07 Å². The molecule has 0 aliphatic carbocycles. The molecule has 1 heterocycles. The van der Waals surface area contributed by atoms with Crippen molar-refractivity contribution in [2.24, 2.45) is 0 Å². The van der Waals surface area contributed by atoms with Gasteiger partial charge in [0.05, 0.1) is 12.8 Å². The van der Waals surface area contributed by atoms with E-state index in [4.69, 9.17) is 10.5 Å². The Morgan fingerprint density at radius 2 is 2.23 bits per heavy atom. The highest BCUT2D eigenvalue weighted by atomic mass is 19.1. The Bertz CT molecular complexity index is 681. The fourth-order valence-corrected chi connectivity index (χ4v) is 1.88. The summed E-state index contributed by atoms with van der Waals surface area (Å²) in [5.74, 6) is -0.504. The van der Waals surface area contributed by atoms with E-state index < -0.39 is 5.82 Å². The lowest BCUT2D eigenvalue weighted by molar-refractivity contribution is 0.169. The molecule has 0 bridgehead atoms. The average molecular weight is 302 g/mol. The van der Waals surface area contributed by atoms with Gasteiger partial charge in [-0.25, -0.2) is 14.4 Å². The number of rotatable bonds is 7. The second-order valence-electron chi connectivity index (χ2n) is 4.42. The number of aromatic nitrogens is 2. The molecule has 5 nitrogen and oxygen atoms in total. The van der Waals surface area contributed by atoms with Gasteiger partial charge in [0, 0.05) is 12.7 Å². The number of anilines is 2. The van der Waals surface area contributed by atoms with E-state index in [9.17, 15) is 4.39 Å². The Balaban J connectivity index is 0.00000264. The molecule has 1 aromatic carbocycles. The Hall–Kier alpha value is -2.73. The van der Waals surface area contributed by atoms with Crippen molar-refractivity contribution in [3.8, 4) is 11.3 Å². The van der Waals surface area contributed by atoms with Crippen molar-refractivity contribution in [1.82, 2.24) is 9.97 Å². The van der Waals surface area contributed by atoms with Crippen LogP contribution in [0.4, 0.5) is 16.0 Å². The standard InChI is InChI=1S/C16H17FN4O.H2/c1-3-8-22-11-21(4-2)13-7-5-6-12(9-13)15-14(17)10-19-16(18)20-15;/h3-7,9-10H,1-2,8,11H2,(H2,18,19,20);1H. The van der Waals surface area contributed by atoms with Crippen molar-refractivity contribution in [2.75, 3.05) is 24.0 Å². The normalized spacial score (nSPS) is 10.2. The van der Waals surface area contributed by atoms with Crippen LogP contribution in [0.3, 0.4) is 0 Å². The molecule has 2 rings (SSSR count). The third-order valence-corrected chi connectivity index (χ3v) is 2.90. The first kappa shape index (κ1) is 15.7. The molecule has 1 aromatic heterocycles. The van der Waals surface area contributed by atoms with Crippen LogP contribution in [-0.2, 0) is 4.74 Å². The fourth-order valence-electron chi connectivity index (χ4n) is 1.88. The van der Waals surface area contributed by atoms with E-state index in [1.54, 1.807) is 35.4 Å². The minimum Gasteiger partial charge on any atom is -0.368 e. The molecule has 0 saturated carbocycles. The molecule has 0 amide bonds. The van der Waals surface area contributed by atoms with Crippen molar-refractivity contribution in [3.63, 3.8) is 0 Å². The number of hydrogen-bond acceptors (Lipinski definition) is 5. The van der Waals surface area contributed by atoms with Crippen molar-refractivity contribution in [1.29, 1.82) is 0 Å². The Morgan fingerprint density at radius 1 is 1.41 bits per heavy atom. The summed E-state index contributed by atoms with van der Waals surface area (Å²) in [6.45, 7) is 8.09. The molecule has 0 saturated heterocycles. The smallest absolute Gasteiger partial charge is 0.220 e. The molecule has 0 aliphatic heterocycles. The number of nitrogen functional groups attached to an aromatic ring is 1. The van der Waals surface area contributed by atoms with E-state index in [-0.39, 0.29) is 13.1 Å². The zero-order valence-corrected chi connectivity index (χ0v) is 12.1. The van der Waals surface area contributed by atoms with Crippen molar-refractivity contribution in [2.45, 2.75) is 0 Å². The zero-order valence-electron chi connectivity index (χ0n) is 12.1. The molecule has 116 valence electrons. The first-order chi connectivity index (χ1) is 10.7. The van der Waals surface area contributed by atoms with Gasteiger partial charge in [0.2, 0.25) is 5.95 Å². The van der Waals surface area contributed by atoms with Crippen LogP contribution >= 0.6 is 0 Å².